The van der Waals surface area contributed by atoms with Gasteiger partial charge in [0.1, 0.15) is 35.5 Å². The molecule has 1 aliphatic carbocycles. The highest BCUT2D eigenvalue weighted by Crippen LogP contribution is 2.38. The maximum atomic E-state index is 12.8. The van der Waals surface area contributed by atoms with E-state index in [0.29, 0.717) is 34.9 Å². The minimum atomic E-state index is -0.592. The van der Waals surface area contributed by atoms with Gasteiger partial charge in [-0.25, -0.2) is 19.3 Å². The van der Waals surface area contributed by atoms with Crippen LogP contribution in [0.15, 0.2) is 55.1 Å². The summed E-state index contributed by atoms with van der Waals surface area (Å²) in [5, 5.41) is 20.6. The van der Waals surface area contributed by atoms with Gasteiger partial charge in [0.2, 0.25) is 0 Å². The summed E-state index contributed by atoms with van der Waals surface area (Å²) in [7, 11) is 0. The number of hydrogen-bond donors (Lipinski definition) is 2. The molecule has 0 unspecified atom stereocenters. The van der Waals surface area contributed by atoms with Crippen molar-refractivity contribution in [1.82, 2.24) is 30.2 Å². The van der Waals surface area contributed by atoms with Crippen molar-refractivity contribution in [2.24, 2.45) is 0 Å². The lowest BCUT2D eigenvalue weighted by Gasteiger charge is -2.40. The number of nitrogens with one attached hydrogen (secondary N) is 2. The molecular weight excluding hydrogens is 620 g/mol. The standard InChI is InChI=1S/C34H37ClN8O4/c1-32(2,3)47-31(45)41-34(9-10-34)21-46-24-16-25(29-23(17-36)19-39-43(29)20-24)22-7-8-27(38-18-22)42-14-11-33(4,12-15-42)40-30(44)28-26(35)6-5-13-37-28/h5-8,13,16,18-20H,9-12,14-15,21H2,1-4H3,(H,40,44)(H,41,45). The molecule has 12 nitrogen and oxygen atoms in total. The Labute approximate surface area is 278 Å². The number of carbonyl (C=O) groups is 2. The number of piperidine rings is 1. The predicted octanol–water partition coefficient (Wildman–Crippen LogP) is 5.54. The minimum Gasteiger partial charge on any atom is -0.490 e. The van der Waals surface area contributed by atoms with Crippen LogP contribution in [0.1, 0.15) is 69.4 Å². The number of fused-ring (bicyclic) bond motifs is 1. The van der Waals surface area contributed by atoms with Gasteiger partial charge in [0, 0.05) is 42.1 Å². The Morgan fingerprint density at radius 2 is 1.85 bits per heavy atom. The first-order chi connectivity index (χ1) is 22.4. The summed E-state index contributed by atoms with van der Waals surface area (Å²) in [6, 6.07) is 11.4. The molecule has 1 saturated heterocycles. The Hall–Kier alpha value is -4.89. The van der Waals surface area contributed by atoms with Gasteiger partial charge in [0.15, 0.2) is 0 Å². The summed E-state index contributed by atoms with van der Waals surface area (Å²) >= 11 is 6.18. The normalized spacial score (nSPS) is 16.6. The molecule has 2 N–H and O–H groups in total. The number of amides is 2. The van der Waals surface area contributed by atoms with E-state index in [-0.39, 0.29) is 18.2 Å². The fraction of sp³-hybridized carbons (Fsp3) is 0.412. The SMILES string of the molecule is CC1(NC(=O)c2ncccc2Cl)CCN(c2ccc(-c3cc(OCC4(NC(=O)OC(C)(C)C)CC4)cn4ncc(C#N)c34)cn2)CC1. The van der Waals surface area contributed by atoms with Gasteiger partial charge in [-0.3, -0.25) is 4.79 Å². The molecule has 0 spiro atoms. The number of hydrogen-bond acceptors (Lipinski definition) is 9. The van der Waals surface area contributed by atoms with E-state index in [9.17, 15) is 14.9 Å². The fourth-order valence-electron chi connectivity index (χ4n) is 5.65. The lowest BCUT2D eigenvalue weighted by Crippen LogP contribution is -2.53. The summed E-state index contributed by atoms with van der Waals surface area (Å²) in [5.41, 5.74) is 1.38. The molecule has 5 heterocycles. The van der Waals surface area contributed by atoms with Gasteiger partial charge in [-0.05, 0) is 83.7 Å². The second-order valence-electron chi connectivity index (χ2n) is 13.5. The zero-order chi connectivity index (χ0) is 33.4. The second kappa shape index (κ2) is 12.4. The van der Waals surface area contributed by atoms with E-state index < -0.39 is 22.8 Å². The van der Waals surface area contributed by atoms with Crippen molar-refractivity contribution in [1.29, 1.82) is 5.26 Å². The Morgan fingerprint density at radius 1 is 1.09 bits per heavy atom. The van der Waals surface area contributed by atoms with Gasteiger partial charge < -0.3 is 25.0 Å². The van der Waals surface area contributed by atoms with Crippen molar-refractivity contribution in [2.45, 2.75) is 70.1 Å². The van der Waals surface area contributed by atoms with Gasteiger partial charge >= 0.3 is 6.09 Å². The van der Waals surface area contributed by atoms with Crippen LogP contribution in [-0.2, 0) is 4.74 Å². The van der Waals surface area contributed by atoms with Crippen molar-refractivity contribution in [3.8, 4) is 22.9 Å². The van der Waals surface area contributed by atoms with E-state index in [1.54, 1.807) is 35.2 Å². The van der Waals surface area contributed by atoms with E-state index in [1.165, 1.54) is 6.20 Å². The van der Waals surface area contributed by atoms with Crippen LogP contribution in [0.3, 0.4) is 0 Å². The Bertz CT molecular complexity index is 1850. The number of aromatic nitrogens is 4. The number of rotatable bonds is 8. The van der Waals surface area contributed by atoms with Crippen LogP contribution in [0, 0.1) is 11.3 Å². The zero-order valence-electron chi connectivity index (χ0n) is 26.8. The minimum absolute atomic E-state index is 0.223. The summed E-state index contributed by atoms with van der Waals surface area (Å²) < 4.78 is 13.3. The predicted molar refractivity (Wildman–Crippen MR) is 177 cm³/mol. The van der Waals surface area contributed by atoms with Gasteiger partial charge in [-0.2, -0.15) is 10.4 Å². The Morgan fingerprint density at radius 3 is 2.49 bits per heavy atom. The number of anilines is 1. The van der Waals surface area contributed by atoms with Crippen molar-refractivity contribution < 1.29 is 19.1 Å². The molecule has 0 aromatic carbocycles. The highest BCUT2D eigenvalue weighted by Gasteiger charge is 2.46. The molecule has 1 saturated carbocycles. The zero-order valence-corrected chi connectivity index (χ0v) is 27.6. The monoisotopic (exact) mass is 656 g/mol. The molecule has 13 heteroatoms. The quantitative estimate of drug-likeness (QED) is 0.249. The van der Waals surface area contributed by atoms with Crippen molar-refractivity contribution >= 4 is 34.9 Å². The number of pyridine rings is 3. The third-order valence-electron chi connectivity index (χ3n) is 8.48. The van der Waals surface area contributed by atoms with Crippen molar-refractivity contribution in [3.05, 3.63) is 71.4 Å². The number of halogens is 1. The average molecular weight is 657 g/mol. The highest BCUT2D eigenvalue weighted by atomic mass is 35.5. The van der Waals surface area contributed by atoms with Crippen molar-refractivity contribution in [2.75, 3.05) is 24.6 Å². The largest absolute Gasteiger partial charge is 0.490 e. The smallest absolute Gasteiger partial charge is 0.408 e. The first kappa shape index (κ1) is 32.1. The molecule has 2 amide bonds. The first-order valence-corrected chi connectivity index (χ1v) is 15.9. The molecule has 0 radical (unpaired) electrons. The Balaban J connectivity index is 1.15. The third kappa shape index (κ3) is 7.25. The highest BCUT2D eigenvalue weighted by molar-refractivity contribution is 6.33. The molecule has 6 rings (SSSR count). The molecule has 0 bridgehead atoms. The maximum Gasteiger partial charge on any atom is 0.408 e. The summed E-state index contributed by atoms with van der Waals surface area (Å²) in [4.78, 5) is 36.3. The van der Waals surface area contributed by atoms with E-state index in [1.807, 2.05) is 45.9 Å². The number of alkyl carbamates (subject to hydrolysis) is 1. The van der Waals surface area contributed by atoms with Crippen LogP contribution in [0.25, 0.3) is 16.6 Å². The molecule has 244 valence electrons. The van der Waals surface area contributed by atoms with Crippen LogP contribution < -0.4 is 20.3 Å². The van der Waals surface area contributed by atoms with E-state index in [4.69, 9.17) is 26.1 Å². The maximum absolute atomic E-state index is 12.8. The number of ether oxygens (including phenoxy) is 2. The average Bonchev–Trinajstić information content (AvgIpc) is 3.66. The van der Waals surface area contributed by atoms with Gasteiger partial charge in [-0.15, -0.1) is 0 Å². The second-order valence-corrected chi connectivity index (χ2v) is 13.9. The Kier molecular flexibility index (Phi) is 8.44. The molecule has 47 heavy (non-hydrogen) atoms. The molecular formula is C34H37ClN8O4. The lowest BCUT2D eigenvalue weighted by molar-refractivity contribution is 0.0476. The number of nitrogens with zero attached hydrogens (tertiary/aromatic N) is 6. The van der Waals surface area contributed by atoms with Gasteiger partial charge in [-0.1, -0.05) is 11.6 Å². The molecule has 4 aromatic rings. The van der Waals surface area contributed by atoms with Crippen LogP contribution in [0.4, 0.5) is 10.6 Å². The lowest BCUT2D eigenvalue weighted by atomic mass is 9.89. The topological polar surface area (TPSA) is 147 Å². The number of nitriles is 1. The molecule has 4 aromatic heterocycles. The first-order valence-electron chi connectivity index (χ1n) is 15.6. The third-order valence-corrected chi connectivity index (χ3v) is 8.79. The molecule has 1 aliphatic heterocycles. The van der Waals surface area contributed by atoms with Gasteiger partial charge in [0.25, 0.3) is 5.91 Å². The van der Waals surface area contributed by atoms with E-state index >= 15 is 0 Å². The van der Waals surface area contributed by atoms with E-state index in [0.717, 1.165) is 42.6 Å². The van der Waals surface area contributed by atoms with Crippen LogP contribution in [0.2, 0.25) is 5.02 Å². The van der Waals surface area contributed by atoms with Crippen LogP contribution in [0.5, 0.6) is 5.75 Å². The van der Waals surface area contributed by atoms with Gasteiger partial charge in [0.05, 0.1) is 34.0 Å². The summed E-state index contributed by atoms with van der Waals surface area (Å²) in [6.45, 7) is 9.18. The number of carbonyl (C=O) groups excluding carboxylic acids is 2. The summed E-state index contributed by atoms with van der Waals surface area (Å²) in [6.07, 6.45) is 9.15. The van der Waals surface area contributed by atoms with E-state index in [2.05, 4.69) is 31.7 Å². The van der Waals surface area contributed by atoms with Crippen LogP contribution >= 0.6 is 11.6 Å². The molecule has 0 atom stereocenters. The summed E-state index contributed by atoms with van der Waals surface area (Å²) in [5.74, 6) is 1.08. The van der Waals surface area contributed by atoms with Crippen LogP contribution in [-0.4, -0.2) is 68.0 Å². The van der Waals surface area contributed by atoms with Crippen molar-refractivity contribution in [3.63, 3.8) is 0 Å². The molecule has 2 fully saturated rings. The molecule has 2 aliphatic rings. The fourth-order valence-corrected chi connectivity index (χ4v) is 5.86.